The van der Waals surface area contributed by atoms with E-state index in [-0.39, 0.29) is 24.1 Å². The van der Waals surface area contributed by atoms with E-state index >= 15 is 0 Å². The topological polar surface area (TPSA) is 113 Å². The maximum absolute atomic E-state index is 11.7. The molecule has 0 radical (unpaired) electrons. The van der Waals surface area contributed by atoms with Crippen molar-refractivity contribution in [3.63, 3.8) is 0 Å². The number of phenolic OH excluding ortho intramolecular Hbond substituents is 1. The van der Waals surface area contributed by atoms with Crippen molar-refractivity contribution in [2.75, 3.05) is 5.73 Å². The number of carbonyl (C=O) groups excluding carboxylic acids is 1. The van der Waals surface area contributed by atoms with Crippen molar-refractivity contribution in [1.29, 1.82) is 0 Å². The molecule has 0 saturated heterocycles. The van der Waals surface area contributed by atoms with Gasteiger partial charge in [-0.05, 0) is 30.2 Å². The van der Waals surface area contributed by atoms with Gasteiger partial charge in [-0.2, -0.15) is 0 Å². The number of carboxylic acid groups (broad SMARTS) is 1. The van der Waals surface area contributed by atoms with Crippen LogP contribution in [-0.4, -0.2) is 28.1 Å². The standard InChI is InChI=1S/C14H18N2O4.ClH/c1-8(2)13(14(19)20)16-12(18)6-3-9-7-10(15)4-5-11(9)17;/h3-8,13,17H,15H2,1-2H3,(H,16,18)(H,19,20);1H/b6-3+;. The van der Waals surface area contributed by atoms with Crippen LogP contribution in [-0.2, 0) is 9.59 Å². The Bertz CT molecular complexity index is 544. The third kappa shape index (κ3) is 5.74. The number of carboxylic acids is 1. The van der Waals surface area contributed by atoms with Crippen LogP contribution >= 0.6 is 12.4 Å². The van der Waals surface area contributed by atoms with Gasteiger partial charge in [0.15, 0.2) is 0 Å². The number of aliphatic carboxylic acids is 1. The van der Waals surface area contributed by atoms with Crippen molar-refractivity contribution in [2.24, 2.45) is 5.92 Å². The number of nitrogens with one attached hydrogen (secondary N) is 1. The fourth-order valence-corrected chi connectivity index (χ4v) is 1.59. The van der Waals surface area contributed by atoms with E-state index in [1.807, 2.05) is 0 Å². The van der Waals surface area contributed by atoms with Crippen molar-refractivity contribution in [1.82, 2.24) is 5.32 Å². The minimum atomic E-state index is -1.09. The first-order chi connectivity index (χ1) is 9.31. The summed E-state index contributed by atoms with van der Waals surface area (Å²) in [5.74, 6) is -1.88. The average molecular weight is 315 g/mol. The summed E-state index contributed by atoms with van der Waals surface area (Å²) in [6, 6.07) is 3.50. The lowest BCUT2D eigenvalue weighted by Gasteiger charge is -2.16. The largest absolute Gasteiger partial charge is 0.507 e. The van der Waals surface area contributed by atoms with Gasteiger partial charge in [-0.3, -0.25) is 4.79 Å². The molecule has 0 spiro atoms. The molecule has 5 N–H and O–H groups in total. The van der Waals surface area contributed by atoms with Gasteiger partial charge in [0, 0.05) is 17.3 Å². The monoisotopic (exact) mass is 314 g/mol. The Morgan fingerprint density at radius 1 is 1.33 bits per heavy atom. The summed E-state index contributed by atoms with van der Waals surface area (Å²) >= 11 is 0. The lowest BCUT2D eigenvalue weighted by atomic mass is 10.0. The summed E-state index contributed by atoms with van der Waals surface area (Å²) in [6.07, 6.45) is 2.53. The van der Waals surface area contributed by atoms with Crippen LogP contribution in [0.2, 0.25) is 0 Å². The van der Waals surface area contributed by atoms with E-state index < -0.39 is 17.9 Å². The molecular formula is C14H19ClN2O4. The molecule has 1 amide bonds. The second kappa shape index (κ2) is 8.16. The third-order valence-electron chi connectivity index (χ3n) is 2.70. The Morgan fingerprint density at radius 3 is 2.48 bits per heavy atom. The fourth-order valence-electron chi connectivity index (χ4n) is 1.59. The van der Waals surface area contributed by atoms with Crippen molar-refractivity contribution in [2.45, 2.75) is 19.9 Å². The third-order valence-corrected chi connectivity index (χ3v) is 2.70. The highest BCUT2D eigenvalue weighted by Gasteiger charge is 2.22. The fraction of sp³-hybridized carbons (Fsp3) is 0.286. The van der Waals surface area contributed by atoms with Gasteiger partial charge in [0.25, 0.3) is 0 Å². The molecule has 1 aromatic carbocycles. The molecule has 0 saturated carbocycles. The maximum Gasteiger partial charge on any atom is 0.326 e. The lowest BCUT2D eigenvalue weighted by Crippen LogP contribution is -2.43. The Balaban J connectivity index is 0.00000400. The van der Waals surface area contributed by atoms with Crippen molar-refractivity contribution < 1.29 is 19.8 Å². The summed E-state index contributed by atoms with van der Waals surface area (Å²) in [6.45, 7) is 3.40. The number of phenols is 1. The molecule has 0 aliphatic rings. The molecule has 21 heavy (non-hydrogen) atoms. The number of nitrogen functional groups attached to an aromatic ring is 1. The molecule has 1 rings (SSSR count). The molecule has 0 fully saturated rings. The molecule has 1 unspecified atom stereocenters. The lowest BCUT2D eigenvalue weighted by molar-refractivity contribution is -0.142. The van der Waals surface area contributed by atoms with Crippen LogP contribution in [0.5, 0.6) is 5.75 Å². The molecular weight excluding hydrogens is 296 g/mol. The number of halogens is 1. The Morgan fingerprint density at radius 2 is 1.95 bits per heavy atom. The molecule has 1 atom stereocenters. The zero-order valence-corrected chi connectivity index (χ0v) is 12.6. The van der Waals surface area contributed by atoms with Gasteiger partial charge in [0.05, 0.1) is 0 Å². The molecule has 0 aromatic heterocycles. The van der Waals surface area contributed by atoms with E-state index in [0.29, 0.717) is 11.3 Å². The van der Waals surface area contributed by atoms with Crippen molar-refractivity contribution >= 4 is 36.0 Å². The van der Waals surface area contributed by atoms with Crippen LogP contribution < -0.4 is 11.1 Å². The number of benzene rings is 1. The minimum Gasteiger partial charge on any atom is -0.507 e. The number of carbonyl (C=O) groups is 2. The molecule has 1 aromatic rings. The van der Waals surface area contributed by atoms with Crippen molar-refractivity contribution in [3.8, 4) is 5.75 Å². The summed E-state index contributed by atoms with van der Waals surface area (Å²) in [7, 11) is 0. The second-order valence-electron chi connectivity index (χ2n) is 4.72. The summed E-state index contributed by atoms with van der Waals surface area (Å²) in [5, 5.41) is 20.9. The molecule has 0 heterocycles. The van der Waals surface area contributed by atoms with E-state index in [4.69, 9.17) is 10.8 Å². The Labute approximate surface area is 129 Å². The van der Waals surface area contributed by atoms with Crippen molar-refractivity contribution in [3.05, 3.63) is 29.8 Å². The van der Waals surface area contributed by atoms with Crippen LogP contribution in [0.4, 0.5) is 5.69 Å². The van der Waals surface area contributed by atoms with Gasteiger partial charge < -0.3 is 21.3 Å². The summed E-state index contributed by atoms with van der Waals surface area (Å²) in [5.41, 5.74) is 6.41. The van der Waals surface area contributed by atoms with Crippen LogP contribution in [0.3, 0.4) is 0 Å². The highest BCUT2D eigenvalue weighted by atomic mass is 35.5. The predicted molar refractivity (Wildman–Crippen MR) is 83.2 cm³/mol. The minimum absolute atomic E-state index is 0. The first-order valence-electron chi connectivity index (χ1n) is 6.11. The van der Waals surface area contributed by atoms with Gasteiger partial charge >= 0.3 is 5.97 Å². The Hall–Kier alpha value is -2.21. The van der Waals surface area contributed by atoms with Gasteiger partial charge in [0.1, 0.15) is 11.8 Å². The van der Waals surface area contributed by atoms with E-state index in [1.54, 1.807) is 13.8 Å². The number of amides is 1. The smallest absolute Gasteiger partial charge is 0.326 e. The highest BCUT2D eigenvalue weighted by Crippen LogP contribution is 2.20. The number of nitrogens with two attached hydrogens (primary N) is 1. The quantitative estimate of drug-likeness (QED) is 0.375. The van der Waals surface area contributed by atoms with Gasteiger partial charge in [-0.15, -0.1) is 12.4 Å². The maximum atomic E-state index is 11.7. The van der Waals surface area contributed by atoms with E-state index in [2.05, 4.69) is 5.32 Å². The van der Waals surface area contributed by atoms with Crippen LogP contribution in [0.15, 0.2) is 24.3 Å². The Kier molecular flexibility index (Phi) is 7.30. The number of anilines is 1. The molecule has 116 valence electrons. The van der Waals surface area contributed by atoms with Crippen LogP contribution in [0, 0.1) is 5.92 Å². The molecule has 6 nitrogen and oxygen atoms in total. The van der Waals surface area contributed by atoms with Crippen LogP contribution in [0.1, 0.15) is 19.4 Å². The molecule has 7 heteroatoms. The molecule has 0 aliphatic carbocycles. The van der Waals surface area contributed by atoms with E-state index in [0.717, 1.165) is 6.08 Å². The number of hydrogen-bond acceptors (Lipinski definition) is 4. The zero-order valence-electron chi connectivity index (χ0n) is 11.7. The SMILES string of the molecule is CC(C)C(NC(=O)/C=C/c1cc(N)ccc1O)C(=O)O.Cl. The van der Waals surface area contributed by atoms with Gasteiger partial charge in [-0.25, -0.2) is 4.79 Å². The first kappa shape index (κ1) is 18.8. The number of hydrogen-bond donors (Lipinski definition) is 4. The second-order valence-corrected chi connectivity index (χ2v) is 4.72. The van der Waals surface area contributed by atoms with E-state index in [1.165, 1.54) is 24.3 Å². The predicted octanol–water partition coefficient (Wildman–Crippen LogP) is 1.63. The van der Waals surface area contributed by atoms with Gasteiger partial charge in [-0.1, -0.05) is 13.8 Å². The first-order valence-corrected chi connectivity index (χ1v) is 6.11. The zero-order chi connectivity index (χ0) is 15.3. The number of aromatic hydroxyl groups is 1. The normalized spacial score (nSPS) is 12.0. The molecule has 0 aliphatic heterocycles. The summed E-state index contributed by atoms with van der Waals surface area (Å²) < 4.78 is 0. The van der Waals surface area contributed by atoms with Crippen LogP contribution in [0.25, 0.3) is 6.08 Å². The summed E-state index contributed by atoms with van der Waals surface area (Å²) in [4.78, 5) is 22.6. The van der Waals surface area contributed by atoms with Gasteiger partial charge in [0.2, 0.25) is 5.91 Å². The number of rotatable bonds is 5. The average Bonchev–Trinajstić information content (AvgIpc) is 2.36. The van der Waals surface area contributed by atoms with E-state index in [9.17, 15) is 14.7 Å². The molecule has 0 bridgehead atoms. The highest BCUT2D eigenvalue weighted by molar-refractivity contribution is 5.94.